The molecule has 0 aromatic heterocycles. The molecule has 0 aromatic carbocycles. The maximum absolute atomic E-state index is 9.74. The Hall–Kier alpha value is -0.670. The van der Waals surface area contributed by atoms with Gasteiger partial charge in [0.1, 0.15) is 0 Å². The molecule has 1 atom stereocenters. The monoisotopic (exact) mass is 391 g/mol. The lowest BCUT2D eigenvalue weighted by molar-refractivity contribution is -0.307. The first-order chi connectivity index (χ1) is 12.3. The van der Waals surface area contributed by atoms with Gasteiger partial charge in [-0.05, 0) is 25.7 Å². The number of hydrogen-bond donors (Lipinski definition) is 2. The Labute approximate surface area is 161 Å². The summed E-state index contributed by atoms with van der Waals surface area (Å²) in [5.41, 5.74) is 4.77. The Kier molecular flexibility index (Phi) is 18.8. The molecule has 0 saturated carbocycles. The van der Waals surface area contributed by atoms with Crippen molar-refractivity contribution in [2.45, 2.75) is 91.5 Å². The quantitative estimate of drug-likeness (QED) is 0.414. The first-order valence-corrected chi connectivity index (χ1v) is 12.8. The van der Waals surface area contributed by atoms with Crippen LogP contribution < -0.4 is 10.8 Å². The van der Waals surface area contributed by atoms with Crippen LogP contribution in [0.2, 0.25) is 0 Å². The Morgan fingerprint density at radius 3 is 1.31 bits per heavy atom. The number of hydrogen-bond acceptors (Lipinski definition) is 4. The summed E-state index contributed by atoms with van der Waals surface area (Å²) < 4.78 is 0. The molecule has 0 aliphatic heterocycles. The van der Waals surface area contributed by atoms with Gasteiger partial charge in [-0.3, -0.25) is 4.79 Å². The molecule has 0 radical (unpaired) electrons. The van der Waals surface area contributed by atoms with Crippen molar-refractivity contribution in [1.82, 2.24) is 0 Å². The Bertz CT molecular complexity index is 326. The average Bonchev–Trinajstić information content (AvgIpc) is 2.60. The second-order valence-corrected chi connectivity index (χ2v) is 11.6. The molecule has 0 aliphatic rings. The van der Waals surface area contributed by atoms with Gasteiger partial charge in [-0.25, -0.2) is 0 Å². The van der Waals surface area contributed by atoms with Crippen LogP contribution in [0.25, 0.3) is 0 Å². The van der Waals surface area contributed by atoms with Gasteiger partial charge in [0.15, 0.2) is 0 Å². The van der Waals surface area contributed by atoms with Gasteiger partial charge in [0.25, 0.3) is 0 Å². The number of carboxylic acids is 2. The van der Waals surface area contributed by atoms with Crippen LogP contribution in [0.3, 0.4) is 0 Å². The van der Waals surface area contributed by atoms with E-state index >= 15 is 0 Å². The minimum atomic E-state index is -1.54. The van der Waals surface area contributed by atoms with Crippen molar-refractivity contribution in [2.24, 2.45) is 5.73 Å². The van der Waals surface area contributed by atoms with Gasteiger partial charge >= 0.3 is 5.97 Å². The van der Waals surface area contributed by atoms with Gasteiger partial charge in [0.2, 0.25) is 0 Å². The van der Waals surface area contributed by atoms with Gasteiger partial charge < -0.3 is 20.7 Å². The van der Waals surface area contributed by atoms with Crippen LogP contribution in [0.4, 0.5) is 0 Å². The summed E-state index contributed by atoms with van der Waals surface area (Å²) in [6.07, 6.45) is 17.4. The molecule has 0 fully saturated rings. The maximum Gasteiger partial charge on any atom is 0.305 e. The molecule has 3 N–H and O–H groups in total. The van der Waals surface area contributed by atoms with Gasteiger partial charge in [0.05, 0.1) is 43.1 Å². The number of unbranched alkanes of at least 4 members (excludes halogenated alkanes) is 4. The van der Waals surface area contributed by atoms with Crippen LogP contribution in [0.15, 0.2) is 0 Å². The minimum absolute atomic E-state index is 0.562. The average molecular weight is 392 g/mol. The van der Waals surface area contributed by atoms with E-state index in [9.17, 15) is 14.7 Å². The van der Waals surface area contributed by atoms with E-state index in [2.05, 4.69) is 27.7 Å². The minimum Gasteiger partial charge on any atom is -0.548 e. The number of rotatable bonds is 15. The highest BCUT2D eigenvalue weighted by molar-refractivity contribution is 7.75. The lowest BCUT2D eigenvalue weighted by Gasteiger charge is -2.28. The highest BCUT2D eigenvalue weighted by atomic mass is 31.2. The highest BCUT2D eigenvalue weighted by Crippen LogP contribution is 2.61. The zero-order valence-corrected chi connectivity index (χ0v) is 18.4. The number of nitrogens with two attached hydrogens (primary N) is 1. The third-order valence-corrected chi connectivity index (χ3v) is 9.70. The Morgan fingerprint density at radius 1 is 0.846 bits per heavy atom. The van der Waals surface area contributed by atoms with Crippen LogP contribution in [0, 0.1) is 0 Å². The molecule has 0 aromatic rings. The number of carbonyl (C=O) groups is 2. The fourth-order valence-electron chi connectivity index (χ4n) is 2.92. The van der Waals surface area contributed by atoms with Crippen LogP contribution in [-0.4, -0.2) is 47.7 Å². The summed E-state index contributed by atoms with van der Waals surface area (Å²) in [5, 5.41) is 17.7. The van der Waals surface area contributed by atoms with E-state index in [-0.39, 0.29) is 0 Å². The van der Waals surface area contributed by atoms with E-state index in [1.807, 2.05) is 0 Å². The summed E-state index contributed by atoms with van der Waals surface area (Å²) in [6, 6.07) is -1.40. The van der Waals surface area contributed by atoms with Crippen LogP contribution in [0.1, 0.15) is 85.5 Å². The summed E-state index contributed by atoms with van der Waals surface area (Å²) in [5.74, 6) is -2.79. The zero-order chi connectivity index (χ0) is 20.4. The van der Waals surface area contributed by atoms with E-state index in [4.69, 9.17) is 10.8 Å². The Balaban J connectivity index is 0. The largest absolute Gasteiger partial charge is 0.548 e. The smallest absolute Gasteiger partial charge is 0.305 e. The molecule has 0 heterocycles. The van der Waals surface area contributed by atoms with E-state index in [0.29, 0.717) is 0 Å². The summed E-state index contributed by atoms with van der Waals surface area (Å²) in [6.45, 7) is 9.42. The molecular weight excluding hydrogens is 349 g/mol. The van der Waals surface area contributed by atoms with E-state index < -0.39 is 31.7 Å². The SMILES string of the molecule is CCCC[P+](CCCC)(CCCC)CCCC.NC(CC(=O)O)C(=O)[O-]. The number of carbonyl (C=O) groups excluding carboxylic acids is 1. The molecule has 0 saturated heterocycles. The van der Waals surface area contributed by atoms with Crippen molar-refractivity contribution >= 4 is 19.2 Å². The predicted octanol–water partition coefficient (Wildman–Crippen LogP) is 3.74. The molecule has 1 unspecified atom stereocenters. The van der Waals surface area contributed by atoms with Crippen molar-refractivity contribution in [1.29, 1.82) is 0 Å². The van der Waals surface area contributed by atoms with E-state index in [1.165, 1.54) is 51.4 Å². The van der Waals surface area contributed by atoms with Crippen LogP contribution in [-0.2, 0) is 9.59 Å². The van der Waals surface area contributed by atoms with Gasteiger partial charge in [0, 0.05) is 7.26 Å². The molecule has 0 aliphatic carbocycles. The second-order valence-electron chi connectivity index (χ2n) is 7.17. The lowest BCUT2D eigenvalue weighted by Crippen LogP contribution is -2.43. The van der Waals surface area contributed by atoms with E-state index in [0.717, 1.165) is 0 Å². The van der Waals surface area contributed by atoms with E-state index in [1.54, 1.807) is 24.6 Å². The zero-order valence-electron chi connectivity index (χ0n) is 17.5. The van der Waals surface area contributed by atoms with Crippen molar-refractivity contribution in [3.63, 3.8) is 0 Å². The molecule has 5 nitrogen and oxygen atoms in total. The van der Waals surface area contributed by atoms with Crippen molar-refractivity contribution < 1.29 is 19.8 Å². The Morgan fingerprint density at radius 2 is 1.15 bits per heavy atom. The number of aliphatic carboxylic acids is 2. The predicted molar refractivity (Wildman–Crippen MR) is 111 cm³/mol. The molecule has 6 heteroatoms. The van der Waals surface area contributed by atoms with Gasteiger partial charge in [-0.15, -0.1) is 0 Å². The summed E-state index contributed by atoms with van der Waals surface area (Å²) in [4.78, 5) is 19.5. The molecule has 26 heavy (non-hydrogen) atoms. The van der Waals surface area contributed by atoms with Crippen molar-refractivity contribution in [2.75, 3.05) is 24.6 Å². The van der Waals surface area contributed by atoms with Crippen molar-refractivity contribution in [3.8, 4) is 0 Å². The van der Waals surface area contributed by atoms with Crippen molar-refractivity contribution in [3.05, 3.63) is 0 Å². The summed E-state index contributed by atoms with van der Waals surface area (Å²) in [7, 11) is -0.562. The first-order valence-electron chi connectivity index (χ1n) is 10.3. The highest BCUT2D eigenvalue weighted by Gasteiger charge is 2.34. The fraction of sp³-hybridized carbons (Fsp3) is 0.900. The van der Waals surface area contributed by atoms with Gasteiger partial charge in [-0.1, -0.05) is 53.4 Å². The normalized spacial score (nSPS) is 12.2. The molecule has 0 rings (SSSR count). The molecule has 0 bridgehead atoms. The van der Waals surface area contributed by atoms with Crippen LogP contribution >= 0.6 is 7.26 Å². The second kappa shape index (κ2) is 17.7. The lowest BCUT2D eigenvalue weighted by atomic mass is 10.2. The third-order valence-electron chi connectivity index (χ3n) is 4.64. The molecule has 0 amide bonds. The molecule has 156 valence electrons. The summed E-state index contributed by atoms with van der Waals surface area (Å²) >= 11 is 0. The number of carboxylic acid groups (broad SMARTS) is 2. The fourth-order valence-corrected chi connectivity index (χ4v) is 8.21. The topological polar surface area (TPSA) is 103 Å². The third kappa shape index (κ3) is 15.6. The molecular formula is C20H42NO4P. The maximum atomic E-state index is 9.74. The first kappa shape index (κ1) is 27.5. The standard InChI is InChI=1S/C16H36P.C4H7NO4/c1-5-9-13-17(14-10-6-2,15-11-7-3)16-12-8-4;5-2(4(8)9)1-3(6)7/h5-16H2,1-4H3;2H,1,5H2,(H,6,7)(H,8,9)/q+1;/p-1. The molecule has 0 spiro atoms. The van der Waals surface area contributed by atoms with Crippen LogP contribution in [0.5, 0.6) is 0 Å². The van der Waals surface area contributed by atoms with Gasteiger partial charge in [-0.2, -0.15) is 0 Å².